The smallest absolute Gasteiger partial charge is 0.124 e. The number of aromatic nitrogens is 3. The summed E-state index contributed by atoms with van der Waals surface area (Å²) in [5.74, 6) is 0.432. The summed E-state index contributed by atoms with van der Waals surface area (Å²) < 4.78 is 0. The number of H-pyrrole nitrogens is 1. The number of hydrogen-bond donors (Lipinski definition) is 3. The average molecular weight is 447 g/mol. The van der Waals surface area contributed by atoms with Crippen LogP contribution in [0, 0.1) is 5.41 Å². The lowest BCUT2D eigenvalue weighted by molar-refractivity contribution is -0.127. The summed E-state index contributed by atoms with van der Waals surface area (Å²) >= 11 is 0. The van der Waals surface area contributed by atoms with Gasteiger partial charge < -0.3 is 15.1 Å². The number of hydrogen-bond acceptors (Lipinski definition) is 5. The van der Waals surface area contributed by atoms with E-state index in [1.807, 2.05) is 12.1 Å². The number of nitrogens with zero attached hydrogens (tertiary/aromatic N) is 3. The van der Waals surface area contributed by atoms with Crippen LogP contribution in [0.5, 0.6) is 0 Å². The van der Waals surface area contributed by atoms with Crippen molar-refractivity contribution in [2.24, 2.45) is 5.41 Å². The Kier molecular flexibility index (Phi) is 5.23. The Hall–Kier alpha value is -2.54. The Morgan fingerprint density at radius 1 is 1.06 bits per heavy atom. The van der Waals surface area contributed by atoms with E-state index in [4.69, 9.17) is 0 Å². The Balaban J connectivity index is 1.56. The molecule has 2 aliphatic rings. The molecule has 33 heavy (non-hydrogen) atoms. The maximum atomic E-state index is 12.4. The van der Waals surface area contributed by atoms with E-state index in [1.165, 1.54) is 5.56 Å². The molecule has 1 atom stereocenters. The topological polar surface area (TPSA) is 85.3 Å². The SMILES string of the molecule is CC(C)c1ccc([C@](O)(c2cncc(-c3cc(C4(O)CCC4)[nH]n3)c2)C2(C)CN(C)C2)cc1. The van der Waals surface area contributed by atoms with Gasteiger partial charge >= 0.3 is 0 Å². The maximum absolute atomic E-state index is 12.4. The predicted molar refractivity (Wildman–Crippen MR) is 129 cm³/mol. The van der Waals surface area contributed by atoms with Crippen LogP contribution >= 0.6 is 0 Å². The van der Waals surface area contributed by atoms with Crippen molar-refractivity contribution in [2.75, 3.05) is 20.1 Å². The van der Waals surface area contributed by atoms with Crippen LogP contribution in [-0.4, -0.2) is 50.4 Å². The van der Waals surface area contributed by atoms with Crippen LogP contribution in [0.1, 0.15) is 68.3 Å². The summed E-state index contributed by atoms with van der Waals surface area (Å²) in [4.78, 5) is 6.73. The molecule has 0 amide bonds. The minimum Gasteiger partial charge on any atom is -0.384 e. The number of pyridine rings is 1. The zero-order chi connectivity index (χ0) is 23.4. The van der Waals surface area contributed by atoms with E-state index in [9.17, 15) is 10.2 Å². The van der Waals surface area contributed by atoms with E-state index in [2.05, 4.69) is 72.2 Å². The van der Waals surface area contributed by atoms with E-state index < -0.39 is 11.2 Å². The third-order valence-corrected chi connectivity index (χ3v) is 7.82. The van der Waals surface area contributed by atoms with Crippen LogP contribution in [0.4, 0.5) is 0 Å². The number of aromatic amines is 1. The van der Waals surface area contributed by atoms with Crippen LogP contribution < -0.4 is 0 Å². The van der Waals surface area contributed by atoms with Gasteiger partial charge in [-0.25, -0.2) is 0 Å². The lowest BCUT2D eigenvalue weighted by Crippen LogP contribution is -2.63. The van der Waals surface area contributed by atoms with Crippen LogP contribution in [0.2, 0.25) is 0 Å². The fourth-order valence-corrected chi connectivity index (χ4v) is 5.61. The molecule has 0 spiro atoms. The van der Waals surface area contributed by atoms with E-state index >= 15 is 0 Å². The van der Waals surface area contributed by atoms with Gasteiger partial charge in [-0.3, -0.25) is 10.1 Å². The van der Waals surface area contributed by atoms with E-state index in [0.29, 0.717) is 5.92 Å². The molecule has 1 aromatic carbocycles. The van der Waals surface area contributed by atoms with Crippen LogP contribution in [0.15, 0.2) is 48.8 Å². The number of likely N-dealkylation sites (tertiary alicyclic amines) is 1. The molecule has 5 rings (SSSR count). The number of aliphatic hydroxyl groups is 2. The molecule has 6 heteroatoms. The minimum absolute atomic E-state index is 0.348. The molecule has 3 heterocycles. The second-order valence-electron chi connectivity index (χ2n) is 10.7. The Labute approximate surface area is 195 Å². The molecule has 1 aliphatic carbocycles. The minimum atomic E-state index is -1.19. The second-order valence-corrected chi connectivity index (χ2v) is 10.7. The second kappa shape index (κ2) is 7.76. The Morgan fingerprint density at radius 2 is 1.76 bits per heavy atom. The number of benzene rings is 1. The molecule has 2 aromatic heterocycles. The van der Waals surface area contributed by atoms with Crippen molar-refractivity contribution in [2.45, 2.75) is 57.2 Å². The molecule has 0 bridgehead atoms. The first-order valence-corrected chi connectivity index (χ1v) is 11.9. The quantitative estimate of drug-likeness (QED) is 0.530. The fraction of sp³-hybridized carbons (Fsp3) is 0.481. The van der Waals surface area contributed by atoms with Gasteiger partial charge in [0.05, 0.1) is 11.4 Å². The third-order valence-electron chi connectivity index (χ3n) is 7.82. The van der Waals surface area contributed by atoms with Crippen molar-refractivity contribution in [1.82, 2.24) is 20.1 Å². The summed E-state index contributed by atoms with van der Waals surface area (Å²) in [7, 11) is 2.08. The Morgan fingerprint density at radius 3 is 2.33 bits per heavy atom. The molecule has 1 saturated heterocycles. The molecule has 0 unspecified atom stereocenters. The fourth-order valence-electron chi connectivity index (χ4n) is 5.61. The number of rotatable bonds is 6. The highest BCUT2D eigenvalue weighted by Gasteiger charge is 2.55. The van der Waals surface area contributed by atoms with Gasteiger partial charge in [0, 0.05) is 42.0 Å². The van der Waals surface area contributed by atoms with Crippen molar-refractivity contribution >= 4 is 0 Å². The molecule has 6 nitrogen and oxygen atoms in total. The van der Waals surface area contributed by atoms with Gasteiger partial charge in [-0.1, -0.05) is 45.0 Å². The highest BCUT2D eigenvalue weighted by molar-refractivity contribution is 5.60. The van der Waals surface area contributed by atoms with Crippen molar-refractivity contribution < 1.29 is 10.2 Å². The predicted octanol–water partition coefficient (Wildman–Crippen LogP) is 4.15. The molecule has 0 radical (unpaired) electrons. The van der Waals surface area contributed by atoms with Crippen molar-refractivity contribution in [3.05, 3.63) is 71.2 Å². The molecule has 1 aliphatic heterocycles. The molecular formula is C27H34N4O2. The first-order chi connectivity index (χ1) is 15.6. The lowest BCUT2D eigenvalue weighted by Gasteiger charge is -2.55. The number of nitrogens with one attached hydrogen (secondary N) is 1. The van der Waals surface area contributed by atoms with Crippen molar-refractivity contribution in [1.29, 1.82) is 0 Å². The highest BCUT2D eigenvalue weighted by atomic mass is 16.3. The largest absolute Gasteiger partial charge is 0.384 e. The van der Waals surface area contributed by atoms with E-state index in [-0.39, 0.29) is 5.41 Å². The van der Waals surface area contributed by atoms with Crippen LogP contribution in [-0.2, 0) is 11.2 Å². The highest BCUT2D eigenvalue weighted by Crippen LogP contribution is 2.50. The van der Waals surface area contributed by atoms with Gasteiger partial charge in [0.25, 0.3) is 0 Å². The molecule has 3 N–H and O–H groups in total. The molecular weight excluding hydrogens is 412 g/mol. The summed E-state index contributed by atoms with van der Waals surface area (Å²) in [5.41, 5.74) is 2.87. The van der Waals surface area contributed by atoms with E-state index in [1.54, 1.807) is 12.4 Å². The zero-order valence-electron chi connectivity index (χ0n) is 20.0. The summed E-state index contributed by atoms with van der Waals surface area (Å²) in [6.45, 7) is 8.08. The normalized spacial score (nSPS) is 21.3. The molecule has 2 fully saturated rings. The monoisotopic (exact) mass is 446 g/mol. The standard InChI is InChI=1S/C27H34N4O2/c1-18(2)19-6-8-21(9-7-19)27(33,25(3)16-31(4)17-25)22-12-20(14-28-15-22)23-13-24(30-29-23)26(32)10-5-11-26/h6-9,12-15,18,32-33H,5,10-11,16-17H2,1-4H3,(H,29,30)/t27-/m0/s1. The van der Waals surface area contributed by atoms with Gasteiger partial charge in [-0.15, -0.1) is 0 Å². The first-order valence-electron chi connectivity index (χ1n) is 11.9. The molecule has 174 valence electrons. The summed E-state index contributed by atoms with van der Waals surface area (Å²) in [6.07, 6.45) is 6.08. The van der Waals surface area contributed by atoms with Crippen LogP contribution in [0.3, 0.4) is 0 Å². The van der Waals surface area contributed by atoms with Gasteiger partial charge in [0.15, 0.2) is 0 Å². The average Bonchev–Trinajstić information content (AvgIpc) is 3.27. The first kappa shape index (κ1) is 22.3. The van der Waals surface area contributed by atoms with Gasteiger partial charge in [-0.2, -0.15) is 5.10 Å². The van der Waals surface area contributed by atoms with E-state index in [0.717, 1.165) is 60.4 Å². The summed E-state index contributed by atoms with van der Waals surface area (Å²) in [6, 6.07) is 12.3. The van der Waals surface area contributed by atoms with Crippen LogP contribution in [0.25, 0.3) is 11.3 Å². The van der Waals surface area contributed by atoms with Gasteiger partial charge in [0.2, 0.25) is 0 Å². The van der Waals surface area contributed by atoms with Gasteiger partial charge in [0.1, 0.15) is 11.2 Å². The summed E-state index contributed by atoms with van der Waals surface area (Å²) in [5, 5.41) is 30.5. The third kappa shape index (κ3) is 3.52. The van der Waals surface area contributed by atoms with Crippen molar-refractivity contribution in [3.63, 3.8) is 0 Å². The zero-order valence-corrected chi connectivity index (χ0v) is 20.0. The maximum Gasteiger partial charge on any atom is 0.124 e. The van der Waals surface area contributed by atoms with Gasteiger partial charge in [-0.05, 0) is 55.5 Å². The Bertz CT molecular complexity index is 1140. The van der Waals surface area contributed by atoms with Crippen molar-refractivity contribution in [3.8, 4) is 11.3 Å². The molecule has 3 aromatic rings. The lowest BCUT2D eigenvalue weighted by atomic mass is 9.62. The molecule has 1 saturated carbocycles.